The molecule has 2 atom stereocenters. The monoisotopic (exact) mass is 386 g/mol. The number of benzene rings is 2. The van der Waals surface area contributed by atoms with Gasteiger partial charge in [0.1, 0.15) is 12.2 Å². The Labute approximate surface area is 165 Å². The van der Waals surface area contributed by atoms with Crippen LogP contribution in [-0.2, 0) is 19.6 Å². The minimum Gasteiger partial charge on any atom is -0.293 e. The molecule has 0 aromatic heterocycles. The van der Waals surface area contributed by atoms with E-state index in [-0.39, 0.29) is 18.1 Å². The second-order valence-corrected chi connectivity index (χ2v) is 6.84. The normalized spacial score (nSPS) is 13.0. The maximum Gasteiger partial charge on any atom is 0.373 e. The molecule has 6 heteroatoms. The molecule has 0 saturated heterocycles. The van der Waals surface area contributed by atoms with E-state index in [1.54, 1.807) is 55.5 Å². The highest BCUT2D eigenvalue weighted by atomic mass is 17.2. The van der Waals surface area contributed by atoms with Crippen LogP contribution in [-0.4, -0.2) is 24.1 Å². The van der Waals surface area contributed by atoms with E-state index in [2.05, 4.69) is 0 Å². The summed E-state index contributed by atoms with van der Waals surface area (Å²) in [6.45, 7) is 5.75. The summed E-state index contributed by atoms with van der Waals surface area (Å²) < 4.78 is 0. The summed E-state index contributed by atoms with van der Waals surface area (Å²) in [6.07, 6.45) is 0.503. The first-order valence-electron chi connectivity index (χ1n) is 9.32. The van der Waals surface area contributed by atoms with Gasteiger partial charge in [-0.15, -0.1) is 0 Å². The second kappa shape index (κ2) is 11.2. The number of hydrogen-bond donors (Lipinski definition) is 0. The molecule has 0 saturated carbocycles. The average molecular weight is 386 g/mol. The Bertz CT molecular complexity index is 729. The first-order chi connectivity index (χ1) is 13.5. The molecule has 2 rings (SSSR count). The Balaban J connectivity index is 1.74. The largest absolute Gasteiger partial charge is 0.373 e. The summed E-state index contributed by atoms with van der Waals surface area (Å²) in [5.41, 5.74) is 0.848. The number of carbonyl (C=O) groups is 2. The fraction of sp³-hybridized carbons (Fsp3) is 0.364. The van der Waals surface area contributed by atoms with Crippen LogP contribution in [0.15, 0.2) is 60.7 Å². The molecule has 0 spiro atoms. The SMILES string of the molecule is CC(CC[C@H](OOC(=O)c1ccccc1)C(C)C)OOC(=O)c1ccccc1. The van der Waals surface area contributed by atoms with Crippen molar-refractivity contribution in [3.05, 3.63) is 71.8 Å². The van der Waals surface area contributed by atoms with Gasteiger partial charge in [-0.1, -0.05) is 50.2 Å². The molecular weight excluding hydrogens is 360 g/mol. The van der Waals surface area contributed by atoms with Crippen LogP contribution >= 0.6 is 0 Å². The maximum absolute atomic E-state index is 12.0. The van der Waals surface area contributed by atoms with E-state index in [4.69, 9.17) is 19.6 Å². The van der Waals surface area contributed by atoms with Crippen LogP contribution in [0.25, 0.3) is 0 Å². The molecule has 0 aliphatic rings. The van der Waals surface area contributed by atoms with Crippen molar-refractivity contribution in [2.45, 2.75) is 45.8 Å². The lowest BCUT2D eigenvalue weighted by Gasteiger charge is -2.20. The summed E-state index contributed by atoms with van der Waals surface area (Å²) in [7, 11) is 0. The van der Waals surface area contributed by atoms with Gasteiger partial charge in [-0.3, -0.25) is 9.78 Å². The lowest BCUT2D eigenvalue weighted by Crippen LogP contribution is -2.24. The quantitative estimate of drug-likeness (QED) is 0.433. The highest BCUT2D eigenvalue weighted by Gasteiger charge is 2.20. The van der Waals surface area contributed by atoms with E-state index in [0.717, 1.165) is 0 Å². The second-order valence-electron chi connectivity index (χ2n) is 6.84. The van der Waals surface area contributed by atoms with Crippen LogP contribution in [0.5, 0.6) is 0 Å². The molecule has 0 bridgehead atoms. The van der Waals surface area contributed by atoms with Crippen molar-refractivity contribution >= 4 is 11.9 Å². The van der Waals surface area contributed by atoms with Crippen LogP contribution < -0.4 is 0 Å². The van der Waals surface area contributed by atoms with E-state index >= 15 is 0 Å². The standard InChI is InChI=1S/C22H26O6/c1-16(2)20(26-28-22(24)19-12-8-5-9-13-19)15-14-17(3)25-27-21(23)18-10-6-4-7-11-18/h4-13,16-17,20H,14-15H2,1-3H3/t17?,20-/m0/s1. The summed E-state index contributed by atoms with van der Waals surface area (Å²) in [5.74, 6) is -0.948. The third kappa shape index (κ3) is 7.13. The van der Waals surface area contributed by atoms with Crippen molar-refractivity contribution in [2.24, 2.45) is 5.92 Å². The molecule has 0 N–H and O–H groups in total. The zero-order valence-electron chi connectivity index (χ0n) is 16.4. The van der Waals surface area contributed by atoms with Crippen molar-refractivity contribution < 1.29 is 29.1 Å². The minimum atomic E-state index is -0.541. The molecule has 6 nitrogen and oxygen atoms in total. The average Bonchev–Trinajstić information content (AvgIpc) is 2.72. The van der Waals surface area contributed by atoms with E-state index in [0.29, 0.717) is 24.0 Å². The molecule has 2 aromatic carbocycles. The summed E-state index contributed by atoms with van der Waals surface area (Å²) in [4.78, 5) is 44.2. The van der Waals surface area contributed by atoms with Crippen LogP contribution in [0.4, 0.5) is 0 Å². The molecule has 0 aliphatic heterocycles. The van der Waals surface area contributed by atoms with E-state index < -0.39 is 11.9 Å². The topological polar surface area (TPSA) is 71.1 Å². The minimum absolute atomic E-state index is 0.127. The molecule has 28 heavy (non-hydrogen) atoms. The van der Waals surface area contributed by atoms with Gasteiger partial charge in [0.05, 0.1) is 11.1 Å². The molecule has 0 heterocycles. The highest BCUT2D eigenvalue weighted by Crippen LogP contribution is 2.17. The predicted molar refractivity (Wildman–Crippen MR) is 103 cm³/mol. The number of hydrogen-bond acceptors (Lipinski definition) is 6. The molecule has 2 aromatic rings. The van der Waals surface area contributed by atoms with E-state index in [9.17, 15) is 9.59 Å². The maximum atomic E-state index is 12.0. The van der Waals surface area contributed by atoms with Gasteiger partial charge in [0.2, 0.25) is 0 Å². The molecule has 150 valence electrons. The van der Waals surface area contributed by atoms with Gasteiger partial charge in [-0.2, -0.15) is 9.78 Å². The third-order valence-corrected chi connectivity index (χ3v) is 4.16. The fourth-order valence-corrected chi connectivity index (χ4v) is 2.42. The van der Waals surface area contributed by atoms with Gasteiger partial charge in [0.25, 0.3) is 0 Å². The first-order valence-corrected chi connectivity index (χ1v) is 9.32. The molecular formula is C22H26O6. The van der Waals surface area contributed by atoms with Gasteiger partial charge >= 0.3 is 11.9 Å². The van der Waals surface area contributed by atoms with Crippen molar-refractivity contribution in [3.8, 4) is 0 Å². The molecule has 0 aliphatic carbocycles. The van der Waals surface area contributed by atoms with E-state index in [1.165, 1.54) is 0 Å². The lowest BCUT2D eigenvalue weighted by atomic mass is 10.0. The smallest absolute Gasteiger partial charge is 0.293 e. The van der Waals surface area contributed by atoms with Gasteiger partial charge in [-0.05, 0) is 49.9 Å². The van der Waals surface area contributed by atoms with Crippen LogP contribution in [0, 0.1) is 5.92 Å². The van der Waals surface area contributed by atoms with Crippen LogP contribution in [0.2, 0.25) is 0 Å². The van der Waals surface area contributed by atoms with Crippen LogP contribution in [0.1, 0.15) is 54.3 Å². The first kappa shape index (κ1) is 21.6. The zero-order chi connectivity index (χ0) is 20.4. The summed E-state index contributed by atoms with van der Waals surface area (Å²) >= 11 is 0. The van der Waals surface area contributed by atoms with Gasteiger partial charge in [0, 0.05) is 0 Å². The summed E-state index contributed by atoms with van der Waals surface area (Å²) in [5, 5.41) is 0. The van der Waals surface area contributed by atoms with Crippen molar-refractivity contribution in [3.63, 3.8) is 0 Å². The zero-order valence-corrected chi connectivity index (χ0v) is 16.4. The van der Waals surface area contributed by atoms with Gasteiger partial charge in [-0.25, -0.2) is 9.59 Å². The Morgan fingerprint density at radius 3 is 1.64 bits per heavy atom. The molecule has 0 radical (unpaired) electrons. The Kier molecular flexibility index (Phi) is 8.65. The summed E-state index contributed by atoms with van der Waals surface area (Å²) in [6, 6.07) is 17.3. The Hall–Kier alpha value is -2.70. The number of rotatable bonds is 10. The Morgan fingerprint density at radius 1 is 0.714 bits per heavy atom. The highest BCUT2D eigenvalue weighted by molar-refractivity contribution is 5.89. The predicted octanol–water partition coefficient (Wildman–Crippen LogP) is 4.76. The van der Waals surface area contributed by atoms with Crippen molar-refractivity contribution in [1.82, 2.24) is 0 Å². The molecule has 0 amide bonds. The van der Waals surface area contributed by atoms with Crippen molar-refractivity contribution in [1.29, 1.82) is 0 Å². The Morgan fingerprint density at radius 2 is 1.18 bits per heavy atom. The third-order valence-electron chi connectivity index (χ3n) is 4.16. The van der Waals surface area contributed by atoms with E-state index in [1.807, 2.05) is 26.0 Å². The molecule has 0 fully saturated rings. The lowest BCUT2D eigenvalue weighted by molar-refractivity contribution is -0.293. The van der Waals surface area contributed by atoms with Crippen LogP contribution in [0.3, 0.4) is 0 Å². The van der Waals surface area contributed by atoms with Gasteiger partial charge in [0.15, 0.2) is 0 Å². The van der Waals surface area contributed by atoms with Crippen molar-refractivity contribution in [2.75, 3.05) is 0 Å². The number of carbonyl (C=O) groups excluding carboxylic acids is 2. The fourth-order valence-electron chi connectivity index (χ4n) is 2.42. The molecule has 1 unspecified atom stereocenters. The van der Waals surface area contributed by atoms with Gasteiger partial charge < -0.3 is 0 Å².